The Balaban J connectivity index is 1.70. The molecule has 0 radical (unpaired) electrons. The molecule has 3 aromatic rings. The van der Waals surface area contributed by atoms with E-state index in [0.29, 0.717) is 45.6 Å². The molecular formula is C20H20Cl2N4O2S. The number of anilines is 1. The number of benzene rings is 2. The number of aromatic nitrogens is 3. The molecule has 0 atom stereocenters. The number of thioether (sulfide) groups is 1. The predicted octanol–water partition coefficient (Wildman–Crippen LogP) is 5.40. The Morgan fingerprint density at radius 1 is 1.14 bits per heavy atom. The Kier molecular flexibility index (Phi) is 7.41. The lowest BCUT2D eigenvalue weighted by Gasteiger charge is -2.11. The molecule has 0 aliphatic heterocycles. The van der Waals surface area contributed by atoms with E-state index < -0.39 is 0 Å². The molecule has 1 aromatic heterocycles. The van der Waals surface area contributed by atoms with E-state index in [2.05, 4.69) is 15.5 Å². The summed E-state index contributed by atoms with van der Waals surface area (Å²) in [6, 6.07) is 12.7. The zero-order chi connectivity index (χ0) is 20.8. The van der Waals surface area contributed by atoms with Crippen molar-refractivity contribution in [3.05, 3.63) is 52.5 Å². The minimum atomic E-state index is -0.149. The molecule has 0 fully saturated rings. The number of hydrogen-bond donors (Lipinski definition) is 1. The number of carbonyl (C=O) groups excluding carboxylic acids is 1. The van der Waals surface area contributed by atoms with Gasteiger partial charge in [0.05, 0.1) is 28.1 Å². The van der Waals surface area contributed by atoms with Crippen LogP contribution in [0.25, 0.3) is 11.4 Å². The second kappa shape index (κ2) is 10.0. The van der Waals surface area contributed by atoms with Crippen LogP contribution < -0.4 is 10.1 Å². The largest absolute Gasteiger partial charge is 0.492 e. The van der Waals surface area contributed by atoms with Gasteiger partial charge >= 0.3 is 0 Å². The summed E-state index contributed by atoms with van der Waals surface area (Å²) in [5.41, 5.74) is 1.46. The molecule has 0 aliphatic rings. The highest BCUT2D eigenvalue weighted by atomic mass is 35.5. The highest BCUT2D eigenvalue weighted by Crippen LogP contribution is 2.30. The van der Waals surface area contributed by atoms with Crippen molar-refractivity contribution in [2.45, 2.75) is 25.5 Å². The predicted molar refractivity (Wildman–Crippen MR) is 118 cm³/mol. The summed E-state index contributed by atoms with van der Waals surface area (Å²) in [5.74, 6) is 1.37. The van der Waals surface area contributed by atoms with Crippen molar-refractivity contribution >= 4 is 46.6 Å². The second-order valence-electron chi connectivity index (χ2n) is 5.95. The van der Waals surface area contributed by atoms with Gasteiger partial charge in [-0.15, -0.1) is 10.2 Å². The Hall–Kier alpha value is -2.22. The molecule has 0 bridgehead atoms. The van der Waals surface area contributed by atoms with E-state index in [1.54, 1.807) is 12.1 Å². The van der Waals surface area contributed by atoms with Gasteiger partial charge in [0.1, 0.15) is 5.75 Å². The van der Waals surface area contributed by atoms with Crippen LogP contribution in [-0.2, 0) is 11.3 Å². The molecule has 9 heteroatoms. The highest BCUT2D eigenvalue weighted by molar-refractivity contribution is 7.99. The minimum absolute atomic E-state index is 0.149. The van der Waals surface area contributed by atoms with E-state index in [9.17, 15) is 4.79 Å². The molecule has 2 aromatic carbocycles. The van der Waals surface area contributed by atoms with Crippen molar-refractivity contribution < 1.29 is 9.53 Å². The topological polar surface area (TPSA) is 69.0 Å². The van der Waals surface area contributed by atoms with Crippen LogP contribution in [0.3, 0.4) is 0 Å². The molecule has 0 saturated heterocycles. The number of halogens is 2. The third-order valence-corrected chi connectivity index (χ3v) is 5.71. The average molecular weight is 451 g/mol. The normalized spacial score (nSPS) is 10.8. The van der Waals surface area contributed by atoms with Crippen LogP contribution in [0.15, 0.2) is 47.6 Å². The van der Waals surface area contributed by atoms with Crippen LogP contribution in [-0.4, -0.2) is 33.0 Å². The number of nitrogens with one attached hydrogen (secondary N) is 1. The van der Waals surface area contributed by atoms with Gasteiger partial charge in [0.2, 0.25) is 5.91 Å². The molecule has 29 heavy (non-hydrogen) atoms. The van der Waals surface area contributed by atoms with Crippen molar-refractivity contribution in [3.63, 3.8) is 0 Å². The first kappa shape index (κ1) is 21.5. The summed E-state index contributed by atoms with van der Waals surface area (Å²) >= 11 is 13.4. The monoisotopic (exact) mass is 450 g/mol. The molecule has 0 saturated carbocycles. The molecule has 152 valence electrons. The molecule has 0 aliphatic carbocycles. The van der Waals surface area contributed by atoms with E-state index in [4.69, 9.17) is 27.9 Å². The van der Waals surface area contributed by atoms with Gasteiger partial charge in [-0.25, -0.2) is 0 Å². The quantitative estimate of drug-likeness (QED) is 0.465. The van der Waals surface area contributed by atoms with Gasteiger partial charge in [-0.2, -0.15) is 0 Å². The number of carbonyl (C=O) groups is 1. The molecule has 6 nitrogen and oxygen atoms in total. The van der Waals surface area contributed by atoms with E-state index in [0.717, 1.165) is 5.56 Å². The Labute approximate surface area is 183 Å². The maximum absolute atomic E-state index is 12.4. The van der Waals surface area contributed by atoms with Crippen molar-refractivity contribution in [1.82, 2.24) is 14.8 Å². The Bertz CT molecular complexity index is 1010. The van der Waals surface area contributed by atoms with Gasteiger partial charge in [-0.3, -0.25) is 4.79 Å². The van der Waals surface area contributed by atoms with Gasteiger partial charge < -0.3 is 14.6 Å². The molecular weight excluding hydrogens is 431 g/mol. The SMILES string of the molecule is CCOc1ccccc1NC(=O)CSc1nnc(-c2ccc(Cl)c(Cl)c2)n1CC. The summed E-state index contributed by atoms with van der Waals surface area (Å²) in [7, 11) is 0. The van der Waals surface area contributed by atoms with Crippen LogP contribution in [0, 0.1) is 0 Å². The number of ether oxygens (including phenoxy) is 1. The number of hydrogen-bond acceptors (Lipinski definition) is 5. The van der Waals surface area contributed by atoms with Gasteiger partial charge in [0, 0.05) is 12.1 Å². The van der Waals surface area contributed by atoms with E-state index in [-0.39, 0.29) is 11.7 Å². The smallest absolute Gasteiger partial charge is 0.234 e. The number of rotatable bonds is 8. The molecule has 1 N–H and O–H groups in total. The summed E-state index contributed by atoms with van der Waals surface area (Å²) < 4.78 is 7.48. The number of para-hydroxylation sites is 2. The summed E-state index contributed by atoms with van der Waals surface area (Å²) in [6.45, 7) is 5.07. The summed E-state index contributed by atoms with van der Waals surface area (Å²) in [4.78, 5) is 12.4. The summed E-state index contributed by atoms with van der Waals surface area (Å²) in [5, 5.41) is 13.0. The van der Waals surface area contributed by atoms with Gasteiger partial charge in [0.15, 0.2) is 11.0 Å². The van der Waals surface area contributed by atoms with Crippen LogP contribution >= 0.6 is 35.0 Å². The van der Waals surface area contributed by atoms with E-state index >= 15 is 0 Å². The van der Waals surface area contributed by atoms with Gasteiger partial charge in [-0.05, 0) is 44.2 Å². The summed E-state index contributed by atoms with van der Waals surface area (Å²) in [6.07, 6.45) is 0. The first-order valence-corrected chi connectivity index (χ1v) is 10.8. The lowest BCUT2D eigenvalue weighted by atomic mass is 10.2. The molecule has 1 amide bonds. The lowest BCUT2D eigenvalue weighted by Crippen LogP contribution is -2.15. The standard InChI is InChI=1S/C20H20Cl2N4O2S/c1-3-26-19(13-9-10-14(21)15(22)11-13)24-25-20(26)29-12-18(27)23-16-7-5-6-8-17(16)28-4-2/h5-11H,3-4,12H2,1-2H3,(H,23,27). The Morgan fingerprint density at radius 3 is 2.66 bits per heavy atom. The van der Waals surface area contributed by atoms with Gasteiger partial charge in [-0.1, -0.05) is 47.1 Å². The van der Waals surface area contributed by atoms with E-state index in [1.165, 1.54) is 11.8 Å². The Morgan fingerprint density at radius 2 is 1.93 bits per heavy atom. The van der Waals surface area contributed by atoms with Crippen LogP contribution in [0.5, 0.6) is 5.75 Å². The van der Waals surface area contributed by atoms with Crippen molar-refractivity contribution in [2.24, 2.45) is 0 Å². The molecule has 0 spiro atoms. The average Bonchev–Trinajstić information content (AvgIpc) is 3.13. The third-order valence-electron chi connectivity index (χ3n) is 4.00. The first-order chi connectivity index (χ1) is 14.0. The molecule has 1 heterocycles. The van der Waals surface area contributed by atoms with Crippen molar-refractivity contribution in [2.75, 3.05) is 17.7 Å². The zero-order valence-electron chi connectivity index (χ0n) is 16.0. The fourth-order valence-corrected chi connectivity index (χ4v) is 3.80. The fraction of sp³-hybridized carbons (Fsp3) is 0.250. The molecule has 3 rings (SSSR count). The maximum atomic E-state index is 12.4. The third kappa shape index (κ3) is 5.23. The van der Waals surface area contributed by atoms with Crippen LogP contribution in [0.2, 0.25) is 10.0 Å². The fourth-order valence-electron chi connectivity index (χ4n) is 2.70. The second-order valence-corrected chi connectivity index (χ2v) is 7.70. The number of amides is 1. The van der Waals surface area contributed by atoms with Crippen LogP contribution in [0.4, 0.5) is 5.69 Å². The van der Waals surface area contributed by atoms with Gasteiger partial charge in [0.25, 0.3) is 0 Å². The van der Waals surface area contributed by atoms with Crippen LogP contribution in [0.1, 0.15) is 13.8 Å². The minimum Gasteiger partial charge on any atom is -0.492 e. The lowest BCUT2D eigenvalue weighted by molar-refractivity contribution is -0.113. The van der Waals surface area contributed by atoms with Crippen molar-refractivity contribution in [1.29, 1.82) is 0 Å². The van der Waals surface area contributed by atoms with E-state index in [1.807, 2.05) is 48.7 Å². The number of nitrogens with zero attached hydrogens (tertiary/aromatic N) is 3. The van der Waals surface area contributed by atoms with Crippen molar-refractivity contribution in [3.8, 4) is 17.1 Å². The molecule has 0 unspecified atom stereocenters. The highest BCUT2D eigenvalue weighted by Gasteiger charge is 2.16. The maximum Gasteiger partial charge on any atom is 0.234 e. The zero-order valence-corrected chi connectivity index (χ0v) is 18.3. The first-order valence-electron chi connectivity index (χ1n) is 9.06.